The quantitative estimate of drug-likeness (QED) is 0.510. The highest BCUT2D eigenvalue weighted by molar-refractivity contribution is 6.39. The average Bonchev–Trinajstić information content (AvgIpc) is 2.38. The second-order valence-electron chi connectivity index (χ2n) is 3.83. The van der Waals surface area contributed by atoms with Crippen LogP contribution in [0, 0.1) is 0 Å². The lowest BCUT2D eigenvalue weighted by atomic mass is 10.2. The third-order valence-electron chi connectivity index (χ3n) is 2.25. The number of hydrogen-bond donors (Lipinski definition) is 2. The Morgan fingerprint density at radius 1 is 1.20 bits per heavy atom. The van der Waals surface area contributed by atoms with Crippen LogP contribution in [0.15, 0.2) is 24.3 Å². The summed E-state index contributed by atoms with van der Waals surface area (Å²) in [4.78, 5) is 22.7. The lowest BCUT2D eigenvalue weighted by Gasteiger charge is -2.09. The predicted octanol–water partition coefficient (Wildman–Crippen LogP) is 2.39. The van der Waals surface area contributed by atoms with Crippen molar-refractivity contribution in [3.05, 3.63) is 29.8 Å². The summed E-state index contributed by atoms with van der Waals surface area (Å²) in [5.41, 5.74) is -1.00. The molecule has 0 aliphatic rings. The molecule has 0 radical (unpaired) electrons. The maximum absolute atomic E-state index is 12.5. The second kappa shape index (κ2) is 7.14. The second-order valence-corrected chi connectivity index (χ2v) is 4.21. The van der Waals surface area contributed by atoms with E-state index >= 15 is 0 Å². The fourth-order valence-electron chi connectivity index (χ4n) is 1.31. The van der Waals surface area contributed by atoms with Gasteiger partial charge in [-0.3, -0.25) is 9.59 Å². The van der Waals surface area contributed by atoms with E-state index in [0.717, 1.165) is 18.2 Å². The summed E-state index contributed by atoms with van der Waals surface area (Å²) in [6.45, 7) is 0.221. The van der Waals surface area contributed by atoms with Gasteiger partial charge in [-0.1, -0.05) is 6.07 Å². The number of rotatable bonds is 4. The molecule has 1 aromatic rings. The molecule has 110 valence electrons. The minimum atomic E-state index is -4.51. The van der Waals surface area contributed by atoms with Gasteiger partial charge in [0.05, 0.1) is 5.56 Å². The van der Waals surface area contributed by atoms with E-state index in [4.69, 9.17) is 11.6 Å². The zero-order valence-electron chi connectivity index (χ0n) is 10.3. The van der Waals surface area contributed by atoms with Crippen LogP contribution in [0.5, 0.6) is 0 Å². The molecule has 0 saturated heterocycles. The van der Waals surface area contributed by atoms with E-state index in [2.05, 4.69) is 10.6 Å². The standard InChI is InChI=1S/C12H12ClF3N2O2/c13-5-2-6-17-10(19)11(20)18-9-4-1-3-8(7-9)12(14,15)16/h1,3-4,7H,2,5-6H2,(H,17,19)(H,18,20). The molecule has 1 aromatic carbocycles. The van der Waals surface area contributed by atoms with Crippen molar-refractivity contribution in [1.82, 2.24) is 5.32 Å². The van der Waals surface area contributed by atoms with E-state index in [1.807, 2.05) is 0 Å². The minimum absolute atomic E-state index is 0.0997. The Labute approximate surface area is 118 Å². The van der Waals surface area contributed by atoms with Gasteiger partial charge in [-0.05, 0) is 24.6 Å². The Hall–Kier alpha value is -1.76. The average molecular weight is 309 g/mol. The molecule has 0 spiro atoms. The van der Waals surface area contributed by atoms with Crippen LogP contribution >= 0.6 is 11.6 Å². The molecule has 0 aliphatic heterocycles. The van der Waals surface area contributed by atoms with E-state index in [1.54, 1.807) is 0 Å². The van der Waals surface area contributed by atoms with Crippen molar-refractivity contribution in [2.45, 2.75) is 12.6 Å². The zero-order chi connectivity index (χ0) is 15.2. The SMILES string of the molecule is O=C(NCCCCl)C(=O)Nc1cccc(C(F)(F)F)c1. The summed E-state index contributed by atoms with van der Waals surface area (Å²) in [6.07, 6.45) is -4.02. The summed E-state index contributed by atoms with van der Waals surface area (Å²) >= 11 is 5.40. The van der Waals surface area contributed by atoms with Gasteiger partial charge >= 0.3 is 18.0 Å². The maximum atomic E-state index is 12.5. The number of hydrogen-bond acceptors (Lipinski definition) is 2. The van der Waals surface area contributed by atoms with E-state index in [9.17, 15) is 22.8 Å². The third kappa shape index (κ3) is 5.08. The highest BCUT2D eigenvalue weighted by atomic mass is 35.5. The van der Waals surface area contributed by atoms with Gasteiger partial charge in [0.2, 0.25) is 0 Å². The number of alkyl halides is 4. The fraction of sp³-hybridized carbons (Fsp3) is 0.333. The number of carbonyl (C=O) groups is 2. The van der Waals surface area contributed by atoms with Crippen molar-refractivity contribution in [1.29, 1.82) is 0 Å². The topological polar surface area (TPSA) is 58.2 Å². The van der Waals surface area contributed by atoms with Crippen molar-refractivity contribution in [2.24, 2.45) is 0 Å². The van der Waals surface area contributed by atoms with Crippen LogP contribution < -0.4 is 10.6 Å². The molecule has 2 N–H and O–H groups in total. The molecule has 0 heterocycles. The van der Waals surface area contributed by atoms with Crippen LogP contribution in [-0.4, -0.2) is 24.2 Å². The summed E-state index contributed by atoms with van der Waals surface area (Å²) in [5, 5.41) is 4.39. The van der Waals surface area contributed by atoms with Crippen LogP contribution in [0.4, 0.5) is 18.9 Å². The summed E-state index contributed by atoms with van der Waals surface area (Å²) in [6, 6.07) is 4.03. The van der Waals surface area contributed by atoms with E-state index in [1.165, 1.54) is 6.07 Å². The molecular weight excluding hydrogens is 297 g/mol. The normalized spacial score (nSPS) is 11.0. The summed E-state index contributed by atoms with van der Waals surface area (Å²) in [7, 11) is 0. The maximum Gasteiger partial charge on any atom is 0.416 e. The van der Waals surface area contributed by atoms with E-state index < -0.39 is 23.6 Å². The lowest BCUT2D eigenvalue weighted by Crippen LogP contribution is -2.36. The van der Waals surface area contributed by atoms with E-state index in [-0.39, 0.29) is 12.2 Å². The van der Waals surface area contributed by atoms with Crippen LogP contribution in [0.1, 0.15) is 12.0 Å². The first-order valence-corrected chi connectivity index (χ1v) is 6.20. The van der Waals surface area contributed by atoms with Crippen molar-refractivity contribution in [3.63, 3.8) is 0 Å². The summed E-state index contributed by atoms with van der Waals surface area (Å²) < 4.78 is 37.4. The van der Waals surface area contributed by atoms with Crippen molar-refractivity contribution >= 4 is 29.1 Å². The third-order valence-corrected chi connectivity index (χ3v) is 2.52. The Morgan fingerprint density at radius 3 is 2.50 bits per heavy atom. The van der Waals surface area contributed by atoms with Crippen molar-refractivity contribution in [3.8, 4) is 0 Å². The molecule has 2 amide bonds. The predicted molar refractivity (Wildman–Crippen MR) is 68.4 cm³/mol. The monoisotopic (exact) mass is 308 g/mol. The fourth-order valence-corrected chi connectivity index (χ4v) is 1.44. The number of carbonyl (C=O) groups excluding carboxylic acids is 2. The molecule has 0 atom stereocenters. The number of halogens is 4. The van der Waals surface area contributed by atoms with Gasteiger partial charge in [0.15, 0.2) is 0 Å². The molecular formula is C12H12ClF3N2O2. The van der Waals surface area contributed by atoms with Crippen LogP contribution in [0.25, 0.3) is 0 Å². The van der Waals surface area contributed by atoms with Crippen LogP contribution in [0.2, 0.25) is 0 Å². The molecule has 20 heavy (non-hydrogen) atoms. The molecule has 0 aliphatic carbocycles. The Bertz CT molecular complexity index is 492. The molecule has 0 saturated carbocycles. The Morgan fingerprint density at radius 2 is 1.90 bits per heavy atom. The first-order valence-electron chi connectivity index (χ1n) is 5.67. The number of anilines is 1. The zero-order valence-corrected chi connectivity index (χ0v) is 11.0. The lowest BCUT2D eigenvalue weighted by molar-refractivity contribution is -0.137. The smallest absolute Gasteiger partial charge is 0.348 e. The first kappa shape index (κ1) is 16.3. The van der Waals surface area contributed by atoms with Crippen LogP contribution in [0.3, 0.4) is 0 Å². The highest BCUT2D eigenvalue weighted by Gasteiger charge is 2.30. The van der Waals surface area contributed by atoms with Gasteiger partial charge in [-0.2, -0.15) is 13.2 Å². The molecule has 0 fully saturated rings. The molecule has 0 unspecified atom stereocenters. The molecule has 8 heteroatoms. The first-order chi connectivity index (χ1) is 9.34. The van der Waals surface area contributed by atoms with Gasteiger partial charge in [0.25, 0.3) is 0 Å². The number of amides is 2. The Kier molecular flexibility index (Phi) is 5.82. The highest BCUT2D eigenvalue weighted by Crippen LogP contribution is 2.30. The van der Waals surface area contributed by atoms with Gasteiger partial charge in [0, 0.05) is 18.1 Å². The molecule has 4 nitrogen and oxygen atoms in total. The van der Waals surface area contributed by atoms with Crippen molar-refractivity contribution < 1.29 is 22.8 Å². The molecule has 1 rings (SSSR count). The molecule has 0 aromatic heterocycles. The van der Waals surface area contributed by atoms with Crippen LogP contribution in [-0.2, 0) is 15.8 Å². The Balaban J connectivity index is 2.64. The van der Waals surface area contributed by atoms with E-state index in [0.29, 0.717) is 12.3 Å². The van der Waals surface area contributed by atoms with Gasteiger partial charge in [-0.15, -0.1) is 11.6 Å². The van der Waals surface area contributed by atoms with Crippen molar-refractivity contribution in [2.75, 3.05) is 17.7 Å². The van der Waals surface area contributed by atoms with Gasteiger partial charge in [0.1, 0.15) is 0 Å². The summed E-state index contributed by atoms with van der Waals surface area (Å²) in [5.74, 6) is -1.62. The van der Waals surface area contributed by atoms with Gasteiger partial charge < -0.3 is 10.6 Å². The number of nitrogens with one attached hydrogen (secondary N) is 2. The van der Waals surface area contributed by atoms with Gasteiger partial charge in [-0.25, -0.2) is 0 Å². The number of benzene rings is 1. The minimum Gasteiger partial charge on any atom is -0.348 e. The molecule has 0 bridgehead atoms. The largest absolute Gasteiger partial charge is 0.416 e.